The van der Waals surface area contributed by atoms with Crippen molar-refractivity contribution < 1.29 is 14.0 Å². The quantitative estimate of drug-likeness (QED) is 0.579. The lowest BCUT2D eigenvalue weighted by atomic mass is 9.80. The number of nitrogens with one attached hydrogen (secondary N) is 2. The summed E-state index contributed by atoms with van der Waals surface area (Å²) in [5, 5.41) is 6.06. The number of carbonyl (C=O) groups excluding carboxylic acids is 2. The molecule has 1 saturated carbocycles. The summed E-state index contributed by atoms with van der Waals surface area (Å²) in [5.74, 6) is -0.268. The molecule has 2 N–H and O–H groups in total. The zero-order valence-electron chi connectivity index (χ0n) is 18.8. The van der Waals surface area contributed by atoms with Gasteiger partial charge in [-0.3, -0.25) is 10.1 Å². The van der Waals surface area contributed by atoms with Gasteiger partial charge in [0.15, 0.2) is 11.5 Å². The summed E-state index contributed by atoms with van der Waals surface area (Å²) in [4.78, 5) is 40.4. The minimum absolute atomic E-state index is 0.0652. The molecule has 3 amide bonds. The van der Waals surface area contributed by atoms with Gasteiger partial charge in [-0.2, -0.15) is 4.37 Å². The molecule has 34 heavy (non-hydrogen) atoms. The van der Waals surface area contributed by atoms with E-state index in [4.69, 9.17) is 0 Å². The second-order valence-electron chi connectivity index (χ2n) is 8.74. The van der Waals surface area contributed by atoms with Gasteiger partial charge in [0, 0.05) is 32.3 Å². The molecule has 3 aromatic rings. The Labute approximate surface area is 200 Å². The normalized spacial score (nSPS) is 19.8. The molecule has 2 aromatic heterocycles. The van der Waals surface area contributed by atoms with Crippen LogP contribution in [0.4, 0.5) is 15.0 Å². The van der Waals surface area contributed by atoms with Crippen molar-refractivity contribution >= 4 is 29.3 Å². The van der Waals surface area contributed by atoms with Gasteiger partial charge in [-0.1, -0.05) is 12.1 Å². The molecule has 1 unspecified atom stereocenters. The van der Waals surface area contributed by atoms with E-state index in [0.717, 1.165) is 29.1 Å². The lowest BCUT2D eigenvalue weighted by molar-refractivity contribution is 0.0958. The first-order valence-corrected chi connectivity index (χ1v) is 11.9. The van der Waals surface area contributed by atoms with Crippen molar-refractivity contribution in [1.29, 1.82) is 0 Å². The number of aromatic nitrogens is 4. The molecule has 0 bridgehead atoms. The van der Waals surface area contributed by atoms with Crippen molar-refractivity contribution in [3.05, 3.63) is 64.1 Å². The molecule has 5 rings (SSSR count). The molecule has 176 valence electrons. The molecular weight excluding hydrogens is 457 g/mol. The lowest BCUT2D eigenvalue weighted by Crippen LogP contribution is -2.38. The van der Waals surface area contributed by atoms with Crippen LogP contribution in [0.3, 0.4) is 0 Å². The van der Waals surface area contributed by atoms with Crippen LogP contribution in [0, 0.1) is 12.7 Å². The number of carbonyl (C=O) groups is 2. The minimum atomic E-state index is -0.668. The summed E-state index contributed by atoms with van der Waals surface area (Å²) in [6.45, 7) is 2.43. The third kappa shape index (κ3) is 4.00. The molecule has 1 aliphatic carbocycles. The van der Waals surface area contributed by atoms with Gasteiger partial charge in [0.1, 0.15) is 17.2 Å². The number of rotatable bonds is 5. The largest absolute Gasteiger partial charge is 0.354 e. The molecule has 2 aliphatic rings. The Hall–Kier alpha value is -3.47. The van der Waals surface area contributed by atoms with E-state index >= 15 is 0 Å². The Morgan fingerprint density at radius 1 is 1.26 bits per heavy atom. The minimum Gasteiger partial charge on any atom is -0.354 e. The number of likely N-dealkylation sites (tertiary alicyclic amines) is 1. The summed E-state index contributed by atoms with van der Waals surface area (Å²) in [5.41, 5.74) is 1.47. The molecule has 1 aromatic carbocycles. The van der Waals surface area contributed by atoms with Crippen molar-refractivity contribution in [2.75, 3.05) is 25.5 Å². The van der Waals surface area contributed by atoms with Gasteiger partial charge in [-0.15, -0.1) is 0 Å². The van der Waals surface area contributed by atoms with Crippen LogP contribution in [-0.4, -0.2) is 56.3 Å². The first kappa shape index (κ1) is 22.3. The van der Waals surface area contributed by atoms with Gasteiger partial charge < -0.3 is 10.2 Å². The van der Waals surface area contributed by atoms with Gasteiger partial charge in [0.25, 0.3) is 5.91 Å². The van der Waals surface area contributed by atoms with E-state index in [2.05, 4.69) is 30.0 Å². The van der Waals surface area contributed by atoms with E-state index in [0.29, 0.717) is 31.0 Å². The van der Waals surface area contributed by atoms with Crippen LogP contribution in [0.25, 0.3) is 0 Å². The molecule has 1 saturated heterocycles. The predicted octanol–water partition coefficient (Wildman–Crippen LogP) is 3.24. The predicted molar refractivity (Wildman–Crippen MR) is 124 cm³/mol. The van der Waals surface area contributed by atoms with E-state index in [-0.39, 0.29) is 17.3 Å². The van der Waals surface area contributed by atoms with Crippen LogP contribution in [0.2, 0.25) is 0 Å². The Morgan fingerprint density at radius 2 is 2.09 bits per heavy atom. The fourth-order valence-corrected chi connectivity index (χ4v) is 5.07. The maximum absolute atomic E-state index is 14.5. The number of urea groups is 1. The smallest absolute Gasteiger partial charge is 0.323 e. The monoisotopic (exact) mass is 481 g/mol. The summed E-state index contributed by atoms with van der Waals surface area (Å²) in [6.07, 6.45) is 5.67. The van der Waals surface area contributed by atoms with E-state index < -0.39 is 17.4 Å². The first-order chi connectivity index (χ1) is 16.4. The average molecular weight is 482 g/mol. The van der Waals surface area contributed by atoms with Crippen molar-refractivity contribution in [3.8, 4) is 0 Å². The van der Waals surface area contributed by atoms with Crippen molar-refractivity contribution in [1.82, 2.24) is 29.5 Å². The molecule has 0 radical (unpaired) electrons. The Morgan fingerprint density at radius 3 is 2.76 bits per heavy atom. The number of nitrogens with zero attached hydrogens (tertiary/aromatic N) is 5. The molecule has 11 heteroatoms. The summed E-state index contributed by atoms with van der Waals surface area (Å²) in [6, 6.07) is 4.75. The molecular formula is C23H24FN7O2S. The molecule has 9 nitrogen and oxygen atoms in total. The number of aryl methyl sites for hydroxylation is 1. The summed E-state index contributed by atoms with van der Waals surface area (Å²) in [7, 11) is 1.50. The zero-order valence-corrected chi connectivity index (χ0v) is 19.7. The lowest BCUT2D eigenvalue weighted by Gasteiger charge is -2.28. The molecule has 1 atom stereocenters. The van der Waals surface area contributed by atoms with Crippen LogP contribution in [0.15, 0.2) is 30.7 Å². The van der Waals surface area contributed by atoms with E-state index in [1.807, 2.05) is 6.07 Å². The van der Waals surface area contributed by atoms with Gasteiger partial charge >= 0.3 is 6.03 Å². The summed E-state index contributed by atoms with van der Waals surface area (Å²) >= 11 is 1.25. The maximum atomic E-state index is 14.5. The van der Waals surface area contributed by atoms with Gasteiger partial charge in [-0.25, -0.2) is 24.1 Å². The fraction of sp³-hybridized carbons (Fsp3) is 0.391. The highest BCUT2D eigenvalue weighted by molar-refractivity contribution is 7.05. The first-order valence-electron chi connectivity index (χ1n) is 11.1. The second kappa shape index (κ2) is 8.71. The van der Waals surface area contributed by atoms with Crippen molar-refractivity contribution in [3.63, 3.8) is 0 Å². The van der Waals surface area contributed by atoms with Gasteiger partial charge in [0.05, 0.1) is 11.1 Å². The van der Waals surface area contributed by atoms with Crippen molar-refractivity contribution in [2.24, 2.45) is 0 Å². The van der Waals surface area contributed by atoms with Crippen LogP contribution < -0.4 is 10.6 Å². The number of amides is 3. The van der Waals surface area contributed by atoms with Crippen LogP contribution in [0.1, 0.15) is 57.5 Å². The zero-order chi connectivity index (χ0) is 23.9. The molecule has 3 heterocycles. The maximum Gasteiger partial charge on any atom is 0.323 e. The molecule has 2 fully saturated rings. The average Bonchev–Trinajstić information content (AvgIpc) is 3.34. The Bertz CT molecular complexity index is 1250. The third-order valence-electron chi connectivity index (χ3n) is 6.51. The van der Waals surface area contributed by atoms with Crippen LogP contribution >= 0.6 is 11.5 Å². The molecule has 0 spiro atoms. The fourth-order valence-electron chi connectivity index (χ4n) is 4.32. The van der Waals surface area contributed by atoms with Crippen molar-refractivity contribution in [2.45, 2.75) is 37.5 Å². The molecule has 1 aliphatic heterocycles. The van der Waals surface area contributed by atoms with E-state index in [1.54, 1.807) is 24.1 Å². The standard InChI is InChI=1S/C23H24FN7O2S/c1-13-3-6-15(9-16(13)24)23(21-27-12-28-34-21)7-8-31(11-23)22(33)30-19-18(20(32)25-2)26-10-17(29-19)14-4-5-14/h3,6,9-10,12,14H,4-5,7-8,11H2,1-2H3,(H,25,32)(H,29,30,33). The second-order valence-corrected chi connectivity index (χ2v) is 9.52. The topological polar surface area (TPSA) is 113 Å². The third-order valence-corrected chi connectivity index (χ3v) is 7.37. The summed E-state index contributed by atoms with van der Waals surface area (Å²) < 4.78 is 18.6. The number of hydrogen-bond acceptors (Lipinski definition) is 7. The van der Waals surface area contributed by atoms with Gasteiger partial charge in [0.2, 0.25) is 0 Å². The Kier molecular flexibility index (Phi) is 5.72. The van der Waals surface area contributed by atoms with E-state index in [1.165, 1.54) is 31.0 Å². The number of anilines is 1. The highest BCUT2D eigenvalue weighted by atomic mass is 32.1. The number of halogens is 1. The van der Waals surface area contributed by atoms with E-state index in [9.17, 15) is 14.0 Å². The highest BCUT2D eigenvalue weighted by Crippen LogP contribution is 2.42. The van der Waals surface area contributed by atoms with Gasteiger partial charge in [-0.05, 0) is 54.9 Å². The Balaban J connectivity index is 1.43. The highest BCUT2D eigenvalue weighted by Gasteiger charge is 2.45. The number of hydrogen-bond donors (Lipinski definition) is 2. The van der Waals surface area contributed by atoms with Crippen LogP contribution in [-0.2, 0) is 5.41 Å². The number of benzene rings is 1. The van der Waals surface area contributed by atoms with Crippen LogP contribution in [0.5, 0.6) is 0 Å². The SMILES string of the molecule is CNC(=O)c1ncc(C2CC2)nc1NC(=O)N1CCC(c2ccc(C)c(F)c2)(c2ncns2)C1.